The van der Waals surface area contributed by atoms with E-state index in [0.29, 0.717) is 18.4 Å². The van der Waals surface area contributed by atoms with Gasteiger partial charge in [-0.1, -0.05) is 76.5 Å². The van der Waals surface area contributed by atoms with Crippen molar-refractivity contribution in [2.45, 2.75) is 102 Å². The average Bonchev–Trinajstić information content (AvgIpc) is 3.28. The molecule has 5 nitrogen and oxygen atoms in total. The number of rotatable bonds is 8. The minimum absolute atomic E-state index is 0.134. The van der Waals surface area contributed by atoms with Crippen molar-refractivity contribution in [1.29, 1.82) is 0 Å². The maximum Gasteiger partial charge on any atom is 0.330 e. The lowest BCUT2D eigenvalue weighted by Crippen LogP contribution is -2.66. The van der Waals surface area contributed by atoms with Crippen LogP contribution in [0.15, 0.2) is 30.5 Å². The quantitative estimate of drug-likeness (QED) is 0.456. The number of benzene rings is 1. The fourth-order valence-electron chi connectivity index (χ4n) is 6.97. The van der Waals surface area contributed by atoms with E-state index in [1.807, 2.05) is 31.3 Å². The van der Waals surface area contributed by atoms with Crippen LogP contribution in [0.25, 0.3) is 10.9 Å². The number of nitrogens with zero attached hydrogens (tertiary/aromatic N) is 1. The van der Waals surface area contributed by atoms with E-state index in [9.17, 15) is 14.7 Å². The van der Waals surface area contributed by atoms with E-state index in [-0.39, 0.29) is 5.91 Å². The Morgan fingerprint density at radius 3 is 2.15 bits per heavy atom. The molecular weight excluding hydrogens is 424 g/mol. The molecule has 1 heterocycles. The summed E-state index contributed by atoms with van der Waals surface area (Å²) in [6.45, 7) is 6.02. The minimum Gasteiger partial charge on any atom is -0.479 e. The van der Waals surface area contributed by atoms with Crippen LogP contribution in [0.2, 0.25) is 0 Å². The molecule has 186 valence electrons. The van der Waals surface area contributed by atoms with Gasteiger partial charge >= 0.3 is 5.97 Å². The Morgan fingerprint density at radius 2 is 1.56 bits per heavy atom. The van der Waals surface area contributed by atoms with Gasteiger partial charge in [-0.15, -0.1) is 0 Å². The first-order chi connectivity index (χ1) is 16.3. The van der Waals surface area contributed by atoms with Crippen LogP contribution in [0.1, 0.15) is 97.0 Å². The summed E-state index contributed by atoms with van der Waals surface area (Å²) in [5, 5.41) is 12.0. The normalized spacial score (nSPS) is 21.6. The number of amides is 1. The summed E-state index contributed by atoms with van der Waals surface area (Å²) in [7, 11) is 0. The Labute approximate surface area is 204 Å². The molecule has 2 saturated carbocycles. The molecular formula is C29H42N2O3. The SMILES string of the molecule is CC(=O)N(CC1CCCCC1)[C@@](C)(C(=O)O)C(C)(CC1CCCCC1)c1c[nH]c2ccccc12. The Balaban J connectivity index is 1.84. The third kappa shape index (κ3) is 4.50. The third-order valence-corrected chi connectivity index (χ3v) is 9.18. The highest BCUT2D eigenvalue weighted by Gasteiger charge is 2.57. The summed E-state index contributed by atoms with van der Waals surface area (Å²) in [5.74, 6) is -0.194. The number of nitrogens with one attached hydrogen (secondary N) is 1. The van der Waals surface area contributed by atoms with Gasteiger partial charge in [0.25, 0.3) is 0 Å². The zero-order valence-corrected chi connectivity index (χ0v) is 21.2. The molecule has 2 atom stereocenters. The summed E-state index contributed by atoms with van der Waals surface area (Å²) in [6, 6.07) is 8.15. The van der Waals surface area contributed by atoms with Crippen molar-refractivity contribution in [3.8, 4) is 0 Å². The number of aliphatic carboxylic acids is 1. The predicted octanol–water partition coefficient (Wildman–Crippen LogP) is 6.67. The molecule has 2 N–H and O–H groups in total. The molecule has 2 fully saturated rings. The average molecular weight is 467 g/mol. The lowest BCUT2D eigenvalue weighted by Gasteiger charge is -2.52. The van der Waals surface area contributed by atoms with Gasteiger partial charge in [0.05, 0.1) is 0 Å². The molecule has 0 bridgehead atoms. The molecule has 34 heavy (non-hydrogen) atoms. The summed E-state index contributed by atoms with van der Waals surface area (Å²) in [5.41, 5.74) is -0.0466. The van der Waals surface area contributed by atoms with Gasteiger partial charge in [-0.3, -0.25) is 4.79 Å². The van der Waals surface area contributed by atoms with Gasteiger partial charge < -0.3 is 15.0 Å². The van der Waals surface area contributed by atoms with E-state index in [1.54, 1.807) is 11.8 Å². The maximum absolute atomic E-state index is 13.3. The first-order valence-electron chi connectivity index (χ1n) is 13.4. The Kier molecular flexibility index (Phi) is 7.39. The standard InChI is InChI=1S/C29H42N2O3/c1-21(32)31(20-23-14-8-5-9-15-23)29(3,27(33)34)28(2,18-22-12-6-4-7-13-22)25-19-30-26-17-11-10-16-24(25)26/h10-11,16-17,19,22-23,30H,4-9,12-15,18,20H2,1-3H3,(H,33,34)/t28?,29-/m0/s1. The number of H-pyrrole nitrogens is 1. The minimum atomic E-state index is -1.35. The van der Waals surface area contributed by atoms with Crippen LogP contribution < -0.4 is 0 Å². The monoisotopic (exact) mass is 466 g/mol. The zero-order valence-electron chi connectivity index (χ0n) is 21.2. The fraction of sp³-hybridized carbons (Fsp3) is 0.655. The van der Waals surface area contributed by atoms with E-state index >= 15 is 0 Å². The fourth-order valence-corrected chi connectivity index (χ4v) is 6.97. The van der Waals surface area contributed by atoms with Crippen molar-refractivity contribution in [1.82, 2.24) is 9.88 Å². The van der Waals surface area contributed by atoms with E-state index in [0.717, 1.165) is 48.6 Å². The zero-order chi connectivity index (χ0) is 24.3. The molecule has 0 aliphatic heterocycles. The van der Waals surface area contributed by atoms with Gasteiger partial charge in [0.2, 0.25) is 5.91 Å². The number of carboxylic acids is 1. The van der Waals surface area contributed by atoms with E-state index in [2.05, 4.69) is 18.0 Å². The molecule has 0 radical (unpaired) electrons. The van der Waals surface area contributed by atoms with Gasteiger partial charge in [0.15, 0.2) is 0 Å². The molecule has 1 amide bonds. The molecule has 5 heteroatoms. The molecule has 4 rings (SSSR count). The van der Waals surface area contributed by atoms with E-state index in [4.69, 9.17) is 0 Å². The topological polar surface area (TPSA) is 73.4 Å². The number of aromatic nitrogens is 1. The smallest absolute Gasteiger partial charge is 0.330 e. The molecule has 0 spiro atoms. The molecule has 1 unspecified atom stereocenters. The van der Waals surface area contributed by atoms with Gasteiger partial charge in [-0.25, -0.2) is 4.79 Å². The number of para-hydroxylation sites is 1. The molecule has 2 aliphatic carbocycles. The molecule has 2 aromatic rings. The van der Waals surface area contributed by atoms with Crippen molar-refractivity contribution in [2.24, 2.45) is 11.8 Å². The summed E-state index contributed by atoms with van der Waals surface area (Å²) < 4.78 is 0. The Morgan fingerprint density at radius 1 is 0.971 bits per heavy atom. The predicted molar refractivity (Wildman–Crippen MR) is 137 cm³/mol. The van der Waals surface area contributed by atoms with Crippen molar-refractivity contribution in [2.75, 3.05) is 6.54 Å². The van der Waals surface area contributed by atoms with Crippen LogP contribution in [0.5, 0.6) is 0 Å². The van der Waals surface area contributed by atoms with Gasteiger partial charge in [-0.05, 0) is 49.7 Å². The van der Waals surface area contributed by atoms with Crippen molar-refractivity contribution < 1.29 is 14.7 Å². The van der Waals surface area contributed by atoms with Gasteiger partial charge in [0.1, 0.15) is 5.54 Å². The molecule has 1 aromatic carbocycles. The largest absolute Gasteiger partial charge is 0.479 e. The summed E-state index contributed by atoms with van der Waals surface area (Å²) in [4.78, 5) is 31.6. The highest BCUT2D eigenvalue weighted by Crippen LogP contribution is 2.49. The number of hydrogen-bond acceptors (Lipinski definition) is 2. The first-order valence-corrected chi connectivity index (χ1v) is 13.4. The van der Waals surface area contributed by atoms with Crippen molar-refractivity contribution >= 4 is 22.8 Å². The number of fused-ring (bicyclic) bond motifs is 1. The van der Waals surface area contributed by atoms with Crippen LogP contribution in [-0.2, 0) is 15.0 Å². The van der Waals surface area contributed by atoms with E-state index < -0.39 is 16.9 Å². The Hall–Kier alpha value is -2.30. The van der Waals surface area contributed by atoms with Crippen LogP contribution in [-0.4, -0.2) is 39.0 Å². The van der Waals surface area contributed by atoms with Gasteiger partial charge in [0, 0.05) is 36.0 Å². The van der Waals surface area contributed by atoms with Crippen LogP contribution >= 0.6 is 0 Å². The molecule has 0 saturated heterocycles. The second-order valence-corrected chi connectivity index (χ2v) is 11.3. The highest BCUT2D eigenvalue weighted by molar-refractivity contribution is 5.91. The van der Waals surface area contributed by atoms with Crippen molar-refractivity contribution in [3.63, 3.8) is 0 Å². The Bertz CT molecular complexity index is 1000. The summed E-state index contributed by atoms with van der Waals surface area (Å²) >= 11 is 0. The highest BCUT2D eigenvalue weighted by atomic mass is 16.4. The molecule has 1 aromatic heterocycles. The number of carbonyl (C=O) groups excluding carboxylic acids is 1. The summed E-state index contributed by atoms with van der Waals surface area (Å²) in [6.07, 6.45) is 14.4. The lowest BCUT2D eigenvalue weighted by atomic mass is 9.60. The van der Waals surface area contributed by atoms with Gasteiger partial charge in [-0.2, -0.15) is 0 Å². The van der Waals surface area contributed by atoms with Crippen LogP contribution in [0.4, 0.5) is 0 Å². The first kappa shape index (κ1) is 24.8. The number of carbonyl (C=O) groups is 2. The van der Waals surface area contributed by atoms with Crippen LogP contribution in [0, 0.1) is 11.8 Å². The number of carboxylic acid groups (broad SMARTS) is 1. The third-order valence-electron chi connectivity index (χ3n) is 9.18. The lowest BCUT2D eigenvalue weighted by molar-refractivity contribution is -0.165. The number of hydrogen-bond donors (Lipinski definition) is 2. The van der Waals surface area contributed by atoms with Crippen LogP contribution in [0.3, 0.4) is 0 Å². The second kappa shape index (κ2) is 10.1. The van der Waals surface area contributed by atoms with E-state index in [1.165, 1.54) is 38.5 Å². The second-order valence-electron chi connectivity index (χ2n) is 11.3. The van der Waals surface area contributed by atoms with Crippen molar-refractivity contribution in [3.05, 3.63) is 36.0 Å². The molecule has 2 aliphatic rings. The maximum atomic E-state index is 13.3. The number of aromatic amines is 1.